The van der Waals surface area contributed by atoms with Crippen LogP contribution in [-0.4, -0.2) is 33.4 Å². The fraction of sp³-hybridized carbons (Fsp3) is 0.812. The van der Waals surface area contributed by atoms with E-state index in [0.717, 1.165) is 19.3 Å². The van der Waals surface area contributed by atoms with E-state index in [1.54, 1.807) is 0 Å². The molecule has 0 aromatic carbocycles. The predicted octanol–water partition coefficient (Wildman–Crippen LogP) is 2.97. The maximum Gasteiger partial charge on any atom is 0.424 e. The van der Waals surface area contributed by atoms with Gasteiger partial charge in [0.1, 0.15) is 5.82 Å². The molecule has 0 unspecified atom stereocenters. The van der Waals surface area contributed by atoms with Crippen LogP contribution in [0.1, 0.15) is 45.4 Å². The molecule has 1 aliphatic rings. The van der Waals surface area contributed by atoms with Gasteiger partial charge in [0, 0.05) is 31.9 Å². The minimum absolute atomic E-state index is 0.104. The SMILES string of the molecule is C[C@H]1CC(NCC[C@@](O)(c2nccn2C)C(F)(F)F)C[C@H](C)C1. The second-order valence-electron chi connectivity index (χ2n) is 7.04. The first-order chi connectivity index (χ1) is 10.6. The van der Waals surface area contributed by atoms with Crippen molar-refractivity contribution in [3.63, 3.8) is 0 Å². The van der Waals surface area contributed by atoms with Crippen molar-refractivity contribution in [2.75, 3.05) is 6.54 Å². The van der Waals surface area contributed by atoms with Crippen molar-refractivity contribution in [2.45, 2.75) is 57.3 Å². The van der Waals surface area contributed by atoms with E-state index in [1.165, 1.54) is 24.0 Å². The summed E-state index contributed by atoms with van der Waals surface area (Å²) in [5, 5.41) is 13.5. The summed E-state index contributed by atoms with van der Waals surface area (Å²) < 4.78 is 41.4. The molecule has 132 valence electrons. The number of rotatable bonds is 5. The van der Waals surface area contributed by atoms with Crippen molar-refractivity contribution < 1.29 is 18.3 Å². The van der Waals surface area contributed by atoms with Crippen LogP contribution >= 0.6 is 0 Å². The van der Waals surface area contributed by atoms with Crippen molar-refractivity contribution >= 4 is 0 Å². The van der Waals surface area contributed by atoms with E-state index in [4.69, 9.17) is 0 Å². The van der Waals surface area contributed by atoms with Crippen LogP contribution in [0, 0.1) is 11.8 Å². The maximum absolute atomic E-state index is 13.4. The Balaban J connectivity index is 2.01. The third-order valence-electron chi connectivity index (χ3n) is 4.76. The van der Waals surface area contributed by atoms with E-state index in [1.807, 2.05) is 0 Å². The van der Waals surface area contributed by atoms with Gasteiger partial charge in [0.15, 0.2) is 0 Å². The summed E-state index contributed by atoms with van der Waals surface area (Å²) in [6.45, 7) is 4.45. The number of hydrogen-bond acceptors (Lipinski definition) is 3. The third-order valence-corrected chi connectivity index (χ3v) is 4.76. The van der Waals surface area contributed by atoms with Gasteiger partial charge in [-0.3, -0.25) is 0 Å². The molecule has 1 fully saturated rings. The quantitative estimate of drug-likeness (QED) is 0.871. The van der Waals surface area contributed by atoms with Gasteiger partial charge in [-0.1, -0.05) is 13.8 Å². The summed E-state index contributed by atoms with van der Waals surface area (Å²) in [6, 6.07) is 0.215. The summed E-state index contributed by atoms with van der Waals surface area (Å²) in [4.78, 5) is 3.71. The number of aromatic nitrogens is 2. The second-order valence-corrected chi connectivity index (χ2v) is 7.04. The van der Waals surface area contributed by atoms with Gasteiger partial charge < -0.3 is 15.0 Å². The van der Waals surface area contributed by atoms with Gasteiger partial charge in [-0.15, -0.1) is 0 Å². The van der Waals surface area contributed by atoms with Gasteiger partial charge in [-0.05, 0) is 37.6 Å². The standard InChI is InChI=1S/C16H26F3N3O/c1-11-8-12(2)10-13(9-11)20-5-4-15(23,16(17,18)19)14-21-6-7-22(14)3/h6-7,11-13,20,23H,4-5,8-10H2,1-3H3/t11-,12-,15-/m1/s1. The highest BCUT2D eigenvalue weighted by atomic mass is 19.4. The number of aryl methyl sites for hydroxylation is 1. The van der Waals surface area contributed by atoms with Crippen molar-refractivity contribution in [3.05, 3.63) is 18.2 Å². The lowest BCUT2D eigenvalue weighted by molar-refractivity contribution is -0.272. The Bertz CT molecular complexity index is 507. The molecule has 0 amide bonds. The fourth-order valence-corrected chi connectivity index (χ4v) is 3.72. The molecule has 0 saturated heterocycles. The summed E-state index contributed by atoms with van der Waals surface area (Å²) >= 11 is 0. The molecule has 2 N–H and O–H groups in total. The van der Waals surface area contributed by atoms with Crippen molar-refractivity contribution in [1.82, 2.24) is 14.9 Å². The lowest BCUT2D eigenvalue weighted by atomic mass is 9.80. The first kappa shape index (κ1) is 18.3. The molecular formula is C16H26F3N3O. The van der Waals surface area contributed by atoms with Gasteiger partial charge >= 0.3 is 6.18 Å². The smallest absolute Gasteiger partial charge is 0.374 e. The van der Waals surface area contributed by atoms with Crippen LogP contribution in [0.25, 0.3) is 0 Å². The largest absolute Gasteiger partial charge is 0.424 e. The number of halogens is 3. The average molecular weight is 333 g/mol. The molecule has 1 saturated carbocycles. The Kier molecular flexibility index (Phi) is 5.41. The van der Waals surface area contributed by atoms with Crippen molar-refractivity contribution in [3.8, 4) is 0 Å². The third kappa shape index (κ3) is 4.07. The van der Waals surface area contributed by atoms with Gasteiger partial charge in [0.2, 0.25) is 5.60 Å². The predicted molar refractivity (Wildman–Crippen MR) is 81.7 cm³/mol. The molecule has 7 heteroatoms. The van der Waals surface area contributed by atoms with Gasteiger partial charge in [-0.2, -0.15) is 13.2 Å². The highest BCUT2D eigenvalue weighted by Gasteiger charge is 2.57. The van der Waals surface area contributed by atoms with Gasteiger partial charge in [0.05, 0.1) is 0 Å². The van der Waals surface area contributed by atoms with Crippen LogP contribution in [-0.2, 0) is 12.6 Å². The van der Waals surface area contributed by atoms with Crippen LogP contribution in [0.2, 0.25) is 0 Å². The van der Waals surface area contributed by atoms with Crippen LogP contribution in [0.15, 0.2) is 12.4 Å². The van der Waals surface area contributed by atoms with Crippen LogP contribution < -0.4 is 5.32 Å². The topological polar surface area (TPSA) is 50.1 Å². The number of hydrogen-bond donors (Lipinski definition) is 2. The molecule has 1 aromatic heterocycles. The van der Waals surface area contributed by atoms with Crippen molar-refractivity contribution in [2.24, 2.45) is 18.9 Å². The number of aliphatic hydroxyl groups is 1. The van der Waals surface area contributed by atoms with E-state index in [0.29, 0.717) is 11.8 Å². The Labute approximate surface area is 135 Å². The Hall–Kier alpha value is -1.08. The molecular weight excluding hydrogens is 307 g/mol. The maximum atomic E-state index is 13.4. The number of imidazole rings is 1. The second kappa shape index (κ2) is 6.81. The molecule has 1 aliphatic carbocycles. The van der Waals surface area contributed by atoms with E-state index >= 15 is 0 Å². The zero-order chi connectivity index (χ0) is 17.3. The van der Waals surface area contributed by atoms with E-state index in [2.05, 4.69) is 24.1 Å². The molecule has 23 heavy (non-hydrogen) atoms. The Morgan fingerprint density at radius 3 is 2.35 bits per heavy atom. The van der Waals surface area contributed by atoms with Crippen molar-refractivity contribution in [1.29, 1.82) is 0 Å². The number of alkyl halides is 3. The number of nitrogens with zero attached hydrogens (tertiary/aromatic N) is 2. The molecule has 1 aromatic rings. The number of nitrogens with one attached hydrogen (secondary N) is 1. The average Bonchev–Trinajstić information content (AvgIpc) is 2.82. The Morgan fingerprint density at radius 2 is 1.87 bits per heavy atom. The lowest BCUT2D eigenvalue weighted by Crippen LogP contribution is -2.47. The summed E-state index contributed by atoms with van der Waals surface area (Å²) in [7, 11) is 1.46. The highest BCUT2D eigenvalue weighted by molar-refractivity contribution is 5.08. The first-order valence-corrected chi connectivity index (χ1v) is 8.13. The van der Waals surface area contributed by atoms with E-state index in [-0.39, 0.29) is 18.4 Å². The molecule has 0 aliphatic heterocycles. The van der Waals surface area contributed by atoms with Gasteiger partial charge in [0.25, 0.3) is 0 Å². The summed E-state index contributed by atoms with van der Waals surface area (Å²) in [5.74, 6) is 0.789. The molecule has 1 heterocycles. The van der Waals surface area contributed by atoms with Gasteiger partial charge in [-0.25, -0.2) is 4.98 Å². The minimum Gasteiger partial charge on any atom is -0.374 e. The zero-order valence-corrected chi connectivity index (χ0v) is 13.9. The molecule has 0 spiro atoms. The monoisotopic (exact) mass is 333 g/mol. The summed E-state index contributed by atoms with van der Waals surface area (Å²) in [6.07, 6.45) is 0.571. The van der Waals surface area contributed by atoms with Crippen LogP contribution in [0.4, 0.5) is 13.2 Å². The van der Waals surface area contributed by atoms with Crippen LogP contribution in [0.3, 0.4) is 0 Å². The summed E-state index contributed by atoms with van der Waals surface area (Å²) in [5.41, 5.74) is -2.93. The molecule has 4 nitrogen and oxygen atoms in total. The fourth-order valence-electron chi connectivity index (χ4n) is 3.72. The van der Waals surface area contributed by atoms with E-state index in [9.17, 15) is 18.3 Å². The molecule has 0 bridgehead atoms. The zero-order valence-electron chi connectivity index (χ0n) is 13.9. The minimum atomic E-state index is -4.76. The highest BCUT2D eigenvalue weighted by Crippen LogP contribution is 2.40. The molecule has 0 radical (unpaired) electrons. The van der Waals surface area contributed by atoms with E-state index < -0.39 is 18.2 Å². The lowest BCUT2D eigenvalue weighted by Gasteiger charge is -2.34. The van der Waals surface area contributed by atoms with Crippen LogP contribution in [0.5, 0.6) is 0 Å². The first-order valence-electron chi connectivity index (χ1n) is 8.13. The molecule has 3 atom stereocenters. The molecule has 2 rings (SSSR count). The Morgan fingerprint density at radius 1 is 1.26 bits per heavy atom. The normalized spacial score (nSPS) is 28.6.